The minimum Gasteiger partial charge on any atom is -0.336 e. The fourth-order valence-corrected chi connectivity index (χ4v) is 1.72. The van der Waals surface area contributed by atoms with E-state index in [9.17, 15) is 4.79 Å². The first-order valence-electron chi connectivity index (χ1n) is 5.48. The molecule has 0 aliphatic carbocycles. The molecule has 0 spiro atoms. The zero-order valence-electron chi connectivity index (χ0n) is 9.18. The maximum atomic E-state index is 11.6. The molecule has 1 rings (SSSR count). The van der Waals surface area contributed by atoms with Crippen molar-refractivity contribution in [2.45, 2.75) is 46.0 Å². The third kappa shape index (κ3) is 2.82. The summed E-state index contributed by atoms with van der Waals surface area (Å²) in [7, 11) is 0. The van der Waals surface area contributed by atoms with Gasteiger partial charge in [0.05, 0.1) is 5.41 Å². The normalized spacial score (nSPS) is 26.3. The minimum atomic E-state index is -0.355. The van der Waals surface area contributed by atoms with Crippen molar-refractivity contribution in [3.63, 3.8) is 0 Å². The van der Waals surface area contributed by atoms with E-state index in [1.807, 2.05) is 13.1 Å². The number of aliphatic imine (C=N–C) groups is 1. The molecule has 0 aromatic carbocycles. The van der Waals surface area contributed by atoms with Gasteiger partial charge in [-0.05, 0) is 13.3 Å². The van der Waals surface area contributed by atoms with Gasteiger partial charge in [-0.25, -0.2) is 0 Å². The summed E-state index contributed by atoms with van der Waals surface area (Å²) in [5, 5.41) is 2.78. The molecule has 3 nitrogen and oxygen atoms in total. The predicted octanol–water partition coefficient (Wildman–Crippen LogP) is 2.12. The van der Waals surface area contributed by atoms with Crippen LogP contribution in [-0.2, 0) is 4.79 Å². The Hall–Kier alpha value is -0.860. The fourth-order valence-electron chi connectivity index (χ4n) is 1.72. The Bertz CT molecular complexity index is 225. The molecule has 0 saturated heterocycles. The smallest absolute Gasteiger partial charge is 0.232 e. The summed E-state index contributed by atoms with van der Waals surface area (Å²) < 4.78 is 0. The minimum absolute atomic E-state index is 0.129. The lowest BCUT2D eigenvalue weighted by atomic mass is 9.84. The molecule has 0 aromatic rings. The van der Waals surface area contributed by atoms with Crippen molar-refractivity contribution in [3.8, 4) is 0 Å². The van der Waals surface area contributed by atoms with Crippen LogP contribution in [0.4, 0.5) is 0 Å². The van der Waals surface area contributed by atoms with Gasteiger partial charge >= 0.3 is 0 Å². The third-order valence-corrected chi connectivity index (χ3v) is 2.78. The number of carbonyl (C=O) groups excluding carboxylic acids is 1. The molecule has 3 heteroatoms. The maximum absolute atomic E-state index is 11.6. The second-order valence-corrected chi connectivity index (χ2v) is 4.20. The summed E-state index contributed by atoms with van der Waals surface area (Å²) in [4.78, 5) is 15.7. The quantitative estimate of drug-likeness (QED) is 0.672. The number of hydrogen-bond donors (Lipinski definition) is 1. The molecule has 1 atom stereocenters. The first-order valence-corrected chi connectivity index (χ1v) is 5.48. The highest BCUT2D eigenvalue weighted by atomic mass is 16.2. The molecule has 0 saturated carbocycles. The highest BCUT2D eigenvalue weighted by molar-refractivity contribution is 5.99. The van der Waals surface area contributed by atoms with Crippen LogP contribution in [0.3, 0.4) is 0 Å². The van der Waals surface area contributed by atoms with Crippen LogP contribution in [0.25, 0.3) is 0 Å². The Morgan fingerprint density at radius 3 is 2.93 bits per heavy atom. The Morgan fingerprint density at radius 2 is 2.29 bits per heavy atom. The molecular formula is C11H20N2O. The number of nitrogens with one attached hydrogen (secondary N) is 1. The number of amides is 1. The van der Waals surface area contributed by atoms with Gasteiger partial charge in [0.15, 0.2) is 0 Å². The van der Waals surface area contributed by atoms with Gasteiger partial charge in [0, 0.05) is 6.21 Å². The lowest BCUT2D eigenvalue weighted by Crippen LogP contribution is -2.43. The van der Waals surface area contributed by atoms with Gasteiger partial charge in [-0.15, -0.1) is 0 Å². The van der Waals surface area contributed by atoms with Crippen molar-refractivity contribution in [1.82, 2.24) is 5.32 Å². The Labute approximate surface area is 86.0 Å². The number of rotatable bonds is 5. The van der Waals surface area contributed by atoms with Crippen molar-refractivity contribution in [3.05, 3.63) is 0 Å². The molecule has 1 unspecified atom stereocenters. The lowest BCUT2D eigenvalue weighted by Gasteiger charge is -2.26. The van der Waals surface area contributed by atoms with Crippen LogP contribution in [0, 0.1) is 5.41 Å². The molecular weight excluding hydrogens is 176 g/mol. The monoisotopic (exact) mass is 196 g/mol. The van der Waals surface area contributed by atoms with Crippen LogP contribution < -0.4 is 5.32 Å². The average molecular weight is 196 g/mol. The number of hydrogen-bond acceptors (Lipinski definition) is 2. The molecule has 0 fully saturated rings. The molecule has 1 aliphatic heterocycles. The van der Waals surface area contributed by atoms with Gasteiger partial charge in [0.2, 0.25) is 5.91 Å². The zero-order chi connectivity index (χ0) is 10.4. The van der Waals surface area contributed by atoms with Crippen LogP contribution in [-0.4, -0.2) is 18.8 Å². The molecule has 1 heterocycles. The zero-order valence-corrected chi connectivity index (χ0v) is 9.18. The molecule has 14 heavy (non-hydrogen) atoms. The van der Waals surface area contributed by atoms with Gasteiger partial charge in [-0.3, -0.25) is 9.79 Å². The first kappa shape index (κ1) is 11.2. The second-order valence-electron chi connectivity index (χ2n) is 4.20. The number of carbonyl (C=O) groups is 1. The third-order valence-electron chi connectivity index (χ3n) is 2.78. The van der Waals surface area contributed by atoms with Crippen molar-refractivity contribution >= 4 is 12.1 Å². The predicted molar refractivity (Wildman–Crippen MR) is 58.4 cm³/mol. The second kappa shape index (κ2) is 5.13. The van der Waals surface area contributed by atoms with E-state index >= 15 is 0 Å². The molecule has 1 aliphatic rings. The van der Waals surface area contributed by atoms with Crippen molar-refractivity contribution in [2.75, 3.05) is 6.67 Å². The Balaban J connectivity index is 2.36. The Morgan fingerprint density at radius 1 is 1.50 bits per heavy atom. The lowest BCUT2D eigenvalue weighted by molar-refractivity contribution is -0.127. The maximum Gasteiger partial charge on any atom is 0.232 e. The molecule has 0 radical (unpaired) electrons. The van der Waals surface area contributed by atoms with Crippen molar-refractivity contribution in [1.29, 1.82) is 0 Å². The van der Waals surface area contributed by atoms with E-state index in [2.05, 4.69) is 17.2 Å². The summed E-state index contributed by atoms with van der Waals surface area (Å²) in [6.45, 7) is 4.61. The summed E-state index contributed by atoms with van der Waals surface area (Å²) in [6, 6.07) is 0. The van der Waals surface area contributed by atoms with Crippen molar-refractivity contribution in [2.24, 2.45) is 10.4 Å². The number of unbranched alkanes of at least 4 members (excludes halogenated alkanes) is 3. The Kier molecular flexibility index (Phi) is 4.11. The van der Waals surface area contributed by atoms with E-state index in [0.717, 1.165) is 12.8 Å². The van der Waals surface area contributed by atoms with Crippen LogP contribution in [0.15, 0.2) is 4.99 Å². The summed E-state index contributed by atoms with van der Waals surface area (Å²) in [5.41, 5.74) is -0.355. The summed E-state index contributed by atoms with van der Waals surface area (Å²) in [6.07, 6.45) is 7.56. The van der Waals surface area contributed by atoms with Crippen molar-refractivity contribution < 1.29 is 4.79 Å². The van der Waals surface area contributed by atoms with Crippen LogP contribution >= 0.6 is 0 Å². The van der Waals surface area contributed by atoms with Crippen LogP contribution in [0.1, 0.15) is 46.0 Å². The highest BCUT2D eigenvalue weighted by Crippen LogP contribution is 2.24. The summed E-state index contributed by atoms with van der Waals surface area (Å²) in [5.74, 6) is 0.129. The van der Waals surface area contributed by atoms with E-state index in [4.69, 9.17) is 0 Å². The SMILES string of the molecule is CCCCCCC1(C)C=NCNC1=O. The van der Waals surface area contributed by atoms with E-state index in [1.165, 1.54) is 19.3 Å². The van der Waals surface area contributed by atoms with Crippen LogP contribution in [0.5, 0.6) is 0 Å². The van der Waals surface area contributed by atoms with Gasteiger partial charge in [0.1, 0.15) is 6.67 Å². The average Bonchev–Trinajstić information content (AvgIpc) is 2.18. The van der Waals surface area contributed by atoms with Gasteiger partial charge in [-0.2, -0.15) is 0 Å². The van der Waals surface area contributed by atoms with Gasteiger partial charge in [0.25, 0.3) is 0 Å². The molecule has 0 aromatic heterocycles. The standard InChI is InChI=1S/C11H20N2O/c1-3-4-5-6-7-11(2)8-12-9-13-10(11)14/h8H,3-7,9H2,1-2H3,(H,13,14). The number of nitrogens with zero attached hydrogens (tertiary/aromatic N) is 1. The van der Waals surface area contributed by atoms with E-state index in [0.29, 0.717) is 6.67 Å². The van der Waals surface area contributed by atoms with E-state index < -0.39 is 0 Å². The molecule has 80 valence electrons. The molecule has 1 amide bonds. The molecule has 1 N–H and O–H groups in total. The first-order chi connectivity index (χ1) is 6.69. The summed E-state index contributed by atoms with van der Waals surface area (Å²) >= 11 is 0. The topological polar surface area (TPSA) is 41.5 Å². The largest absolute Gasteiger partial charge is 0.336 e. The van der Waals surface area contributed by atoms with E-state index in [1.54, 1.807) is 0 Å². The van der Waals surface area contributed by atoms with E-state index in [-0.39, 0.29) is 11.3 Å². The fraction of sp³-hybridized carbons (Fsp3) is 0.818. The van der Waals surface area contributed by atoms with Gasteiger partial charge in [-0.1, -0.05) is 32.6 Å². The van der Waals surface area contributed by atoms with Crippen LogP contribution in [0.2, 0.25) is 0 Å². The van der Waals surface area contributed by atoms with Gasteiger partial charge < -0.3 is 5.32 Å². The highest BCUT2D eigenvalue weighted by Gasteiger charge is 2.32. The molecule has 0 bridgehead atoms.